The number of thiazole rings is 1. The van der Waals surface area contributed by atoms with Crippen LogP contribution in [0.3, 0.4) is 0 Å². The van der Waals surface area contributed by atoms with Gasteiger partial charge in [0.05, 0.1) is 12.1 Å². The van der Waals surface area contributed by atoms with E-state index < -0.39 is 6.04 Å². The first-order chi connectivity index (χ1) is 8.61. The molecular formula is C12H17N3O2S. The molecule has 98 valence electrons. The van der Waals surface area contributed by atoms with Crippen LogP contribution in [0.5, 0.6) is 0 Å². The van der Waals surface area contributed by atoms with Crippen molar-refractivity contribution in [2.45, 2.75) is 45.3 Å². The molecule has 0 bridgehead atoms. The standard InChI is InChI=1S/C12H17N3O2S/c1-3-10-12(17)15(6-9-5-13-7-18-9)8(2)4-11(16)14-10/h5,7-8,10H,3-4,6H2,1-2H3,(H,14,16). The van der Waals surface area contributed by atoms with Crippen LogP contribution < -0.4 is 5.32 Å². The van der Waals surface area contributed by atoms with Gasteiger partial charge in [0.15, 0.2) is 0 Å². The van der Waals surface area contributed by atoms with Gasteiger partial charge in [-0.25, -0.2) is 0 Å². The summed E-state index contributed by atoms with van der Waals surface area (Å²) in [5, 5.41) is 2.78. The van der Waals surface area contributed by atoms with Crippen LogP contribution in [0.25, 0.3) is 0 Å². The van der Waals surface area contributed by atoms with Crippen LogP contribution in [0, 0.1) is 0 Å². The van der Waals surface area contributed by atoms with Crippen molar-refractivity contribution in [2.75, 3.05) is 0 Å². The molecule has 18 heavy (non-hydrogen) atoms. The summed E-state index contributed by atoms with van der Waals surface area (Å²) in [7, 11) is 0. The number of carbonyl (C=O) groups excluding carboxylic acids is 2. The number of nitrogens with zero attached hydrogens (tertiary/aromatic N) is 2. The molecule has 0 radical (unpaired) electrons. The monoisotopic (exact) mass is 267 g/mol. The first-order valence-corrected chi connectivity index (χ1v) is 6.97. The van der Waals surface area contributed by atoms with Gasteiger partial charge in [-0.3, -0.25) is 14.6 Å². The zero-order valence-electron chi connectivity index (χ0n) is 10.5. The molecule has 0 aromatic carbocycles. The van der Waals surface area contributed by atoms with Crippen LogP contribution in [0.4, 0.5) is 0 Å². The van der Waals surface area contributed by atoms with Gasteiger partial charge in [0.25, 0.3) is 0 Å². The zero-order chi connectivity index (χ0) is 13.1. The van der Waals surface area contributed by atoms with Crippen molar-refractivity contribution in [3.8, 4) is 0 Å². The lowest BCUT2D eigenvalue weighted by Gasteiger charge is -2.27. The van der Waals surface area contributed by atoms with Gasteiger partial charge in [0.2, 0.25) is 11.8 Å². The van der Waals surface area contributed by atoms with E-state index in [1.165, 1.54) is 11.3 Å². The van der Waals surface area contributed by atoms with E-state index in [4.69, 9.17) is 0 Å². The Morgan fingerprint density at radius 3 is 2.94 bits per heavy atom. The number of hydrogen-bond acceptors (Lipinski definition) is 4. The second-order valence-electron chi connectivity index (χ2n) is 4.52. The third kappa shape index (κ3) is 2.69. The Kier molecular flexibility index (Phi) is 3.96. The number of aromatic nitrogens is 1. The van der Waals surface area contributed by atoms with E-state index in [1.807, 2.05) is 13.8 Å². The van der Waals surface area contributed by atoms with Crippen molar-refractivity contribution in [1.29, 1.82) is 0 Å². The number of hydrogen-bond donors (Lipinski definition) is 1. The molecule has 5 nitrogen and oxygen atoms in total. The molecule has 1 aromatic heterocycles. The molecule has 1 fully saturated rings. The first-order valence-electron chi connectivity index (χ1n) is 6.09. The molecule has 6 heteroatoms. The summed E-state index contributed by atoms with van der Waals surface area (Å²) in [6.45, 7) is 4.36. The van der Waals surface area contributed by atoms with Crippen LogP contribution in [0.15, 0.2) is 11.7 Å². The molecule has 0 aliphatic carbocycles. The topological polar surface area (TPSA) is 62.3 Å². The van der Waals surface area contributed by atoms with Gasteiger partial charge in [0.1, 0.15) is 6.04 Å². The molecule has 1 aliphatic rings. The van der Waals surface area contributed by atoms with Gasteiger partial charge in [0, 0.05) is 23.5 Å². The van der Waals surface area contributed by atoms with Gasteiger partial charge in [-0.2, -0.15) is 0 Å². The van der Waals surface area contributed by atoms with Crippen LogP contribution in [-0.4, -0.2) is 33.8 Å². The molecule has 0 spiro atoms. The molecule has 1 aliphatic heterocycles. The maximum absolute atomic E-state index is 12.4. The predicted molar refractivity (Wildman–Crippen MR) is 69.0 cm³/mol. The smallest absolute Gasteiger partial charge is 0.245 e. The van der Waals surface area contributed by atoms with Crippen LogP contribution in [0.2, 0.25) is 0 Å². The quantitative estimate of drug-likeness (QED) is 0.894. The van der Waals surface area contributed by atoms with Crippen molar-refractivity contribution in [3.63, 3.8) is 0 Å². The first kappa shape index (κ1) is 13.0. The Hall–Kier alpha value is -1.43. The largest absolute Gasteiger partial charge is 0.344 e. The third-order valence-electron chi connectivity index (χ3n) is 3.15. The lowest BCUT2D eigenvalue weighted by Crippen LogP contribution is -2.45. The summed E-state index contributed by atoms with van der Waals surface area (Å²) in [6, 6.07) is -0.466. The number of nitrogens with one attached hydrogen (secondary N) is 1. The summed E-state index contributed by atoms with van der Waals surface area (Å²) in [6.07, 6.45) is 2.75. The molecule has 1 aromatic rings. The van der Waals surface area contributed by atoms with Crippen LogP contribution in [-0.2, 0) is 16.1 Å². The maximum Gasteiger partial charge on any atom is 0.245 e. The Balaban J connectivity index is 2.19. The minimum absolute atomic E-state index is 0.00394. The second-order valence-corrected chi connectivity index (χ2v) is 5.49. The fourth-order valence-electron chi connectivity index (χ4n) is 2.11. The van der Waals surface area contributed by atoms with Crippen molar-refractivity contribution < 1.29 is 9.59 Å². The summed E-state index contributed by atoms with van der Waals surface area (Å²) in [5.41, 5.74) is 1.75. The highest BCUT2D eigenvalue weighted by Gasteiger charge is 2.32. The number of carbonyl (C=O) groups is 2. The Bertz CT molecular complexity index is 433. The van der Waals surface area contributed by atoms with Gasteiger partial charge < -0.3 is 10.2 Å². The molecular weight excluding hydrogens is 250 g/mol. The van der Waals surface area contributed by atoms with Crippen LogP contribution >= 0.6 is 11.3 Å². The zero-order valence-corrected chi connectivity index (χ0v) is 11.4. The van der Waals surface area contributed by atoms with E-state index in [2.05, 4.69) is 10.3 Å². The molecule has 2 unspecified atom stereocenters. The van der Waals surface area contributed by atoms with Crippen molar-refractivity contribution in [2.24, 2.45) is 0 Å². The average molecular weight is 267 g/mol. The van der Waals surface area contributed by atoms with E-state index in [-0.39, 0.29) is 17.9 Å². The molecule has 2 atom stereocenters. The number of rotatable bonds is 3. The predicted octanol–water partition coefficient (Wildman–Crippen LogP) is 1.16. The van der Waals surface area contributed by atoms with E-state index in [0.29, 0.717) is 19.4 Å². The Morgan fingerprint density at radius 2 is 2.33 bits per heavy atom. The average Bonchev–Trinajstić information content (AvgIpc) is 2.81. The van der Waals surface area contributed by atoms with Crippen LogP contribution in [0.1, 0.15) is 31.6 Å². The van der Waals surface area contributed by atoms with E-state index >= 15 is 0 Å². The van der Waals surface area contributed by atoms with Crippen molar-refractivity contribution in [3.05, 3.63) is 16.6 Å². The summed E-state index contributed by atoms with van der Waals surface area (Å²) < 4.78 is 0. The Morgan fingerprint density at radius 1 is 1.56 bits per heavy atom. The lowest BCUT2D eigenvalue weighted by atomic mass is 10.1. The minimum atomic E-state index is -0.393. The molecule has 2 heterocycles. The third-order valence-corrected chi connectivity index (χ3v) is 3.91. The number of amides is 2. The fraction of sp³-hybridized carbons (Fsp3) is 0.583. The highest BCUT2D eigenvalue weighted by atomic mass is 32.1. The molecule has 1 saturated heterocycles. The fourth-order valence-corrected chi connectivity index (χ4v) is 2.70. The highest BCUT2D eigenvalue weighted by molar-refractivity contribution is 7.09. The molecule has 2 rings (SSSR count). The van der Waals surface area contributed by atoms with E-state index in [0.717, 1.165) is 4.88 Å². The summed E-state index contributed by atoms with van der Waals surface area (Å²) in [4.78, 5) is 30.8. The molecule has 0 saturated carbocycles. The normalized spacial score (nSPS) is 24.9. The van der Waals surface area contributed by atoms with Crippen molar-refractivity contribution in [1.82, 2.24) is 15.2 Å². The van der Waals surface area contributed by atoms with E-state index in [9.17, 15) is 9.59 Å². The summed E-state index contributed by atoms with van der Waals surface area (Å²) in [5.74, 6) is -0.0428. The SMILES string of the molecule is CCC1NC(=O)CC(C)N(Cc2cncs2)C1=O. The minimum Gasteiger partial charge on any atom is -0.344 e. The van der Waals surface area contributed by atoms with Gasteiger partial charge >= 0.3 is 0 Å². The van der Waals surface area contributed by atoms with Gasteiger partial charge in [-0.15, -0.1) is 11.3 Å². The van der Waals surface area contributed by atoms with Gasteiger partial charge in [-0.05, 0) is 13.3 Å². The maximum atomic E-state index is 12.4. The van der Waals surface area contributed by atoms with Crippen molar-refractivity contribution >= 4 is 23.2 Å². The Labute approximate surface area is 110 Å². The van der Waals surface area contributed by atoms with E-state index in [1.54, 1.807) is 16.6 Å². The lowest BCUT2D eigenvalue weighted by molar-refractivity contribution is -0.135. The van der Waals surface area contributed by atoms with Gasteiger partial charge in [-0.1, -0.05) is 6.92 Å². The summed E-state index contributed by atoms with van der Waals surface area (Å²) >= 11 is 1.53. The highest BCUT2D eigenvalue weighted by Crippen LogP contribution is 2.18. The molecule has 1 N–H and O–H groups in total. The second kappa shape index (κ2) is 5.48. The molecule has 2 amide bonds.